The molecule has 0 heterocycles. The van der Waals surface area contributed by atoms with E-state index in [9.17, 15) is 8.42 Å². The second-order valence-corrected chi connectivity index (χ2v) is 7.63. The number of nitrogens with one attached hydrogen (secondary N) is 1. The number of rotatable bonds is 5. The first kappa shape index (κ1) is 13.2. The quantitative estimate of drug-likeness (QED) is 0.820. The van der Waals surface area contributed by atoms with E-state index < -0.39 is 10.0 Å². The molecule has 0 amide bonds. The molecule has 2 fully saturated rings. The Morgan fingerprint density at radius 1 is 1.21 bits per heavy atom. The number of anilines is 1. The van der Waals surface area contributed by atoms with Crippen LogP contribution >= 0.6 is 11.6 Å². The van der Waals surface area contributed by atoms with Crippen molar-refractivity contribution in [3.8, 4) is 0 Å². The Kier molecular flexibility index (Phi) is 3.23. The summed E-state index contributed by atoms with van der Waals surface area (Å²) in [5, 5.41) is 0.375. The molecule has 4 nitrogen and oxygen atoms in total. The Balaban J connectivity index is 1.82. The van der Waals surface area contributed by atoms with Crippen molar-refractivity contribution in [2.75, 3.05) is 5.73 Å². The largest absolute Gasteiger partial charge is 0.397 e. The number of hydrogen-bond donors (Lipinski definition) is 2. The fourth-order valence-corrected chi connectivity index (χ4v) is 3.95. The van der Waals surface area contributed by atoms with Crippen LogP contribution in [0, 0.1) is 11.8 Å². The molecule has 0 aromatic heterocycles. The highest BCUT2D eigenvalue weighted by Crippen LogP contribution is 2.45. The molecule has 0 atom stereocenters. The van der Waals surface area contributed by atoms with E-state index in [1.54, 1.807) is 0 Å². The zero-order valence-electron chi connectivity index (χ0n) is 10.5. The van der Waals surface area contributed by atoms with Crippen LogP contribution in [-0.4, -0.2) is 14.5 Å². The summed E-state index contributed by atoms with van der Waals surface area (Å²) in [6.07, 6.45) is 4.53. The van der Waals surface area contributed by atoms with E-state index in [0.717, 1.165) is 25.7 Å². The summed E-state index contributed by atoms with van der Waals surface area (Å²) in [7, 11) is -3.50. The molecule has 2 saturated carbocycles. The number of nitrogen functional groups attached to an aromatic ring is 1. The highest BCUT2D eigenvalue weighted by Gasteiger charge is 2.43. The first-order valence-corrected chi connectivity index (χ1v) is 8.41. The van der Waals surface area contributed by atoms with Crippen LogP contribution in [0.1, 0.15) is 25.7 Å². The van der Waals surface area contributed by atoms with E-state index in [-0.39, 0.29) is 10.9 Å². The maximum Gasteiger partial charge on any atom is 0.240 e. The predicted octanol–water partition coefficient (Wildman–Crippen LogP) is 2.39. The second kappa shape index (κ2) is 4.65. The van der Waals surface area contributed by atoms with Crippen LogP contribution in [0.4, 0.5) is 5.69 Å². The lowest BCUT2D eigenvalue weighted by Gasteiger charge is -2.18. The van der Waals surface area contributed by atoms with Crippen LogP contribution in [-0.2, 0) is 10.0 Å². The topological polar surface area (TPSA) is 72.2 Å². The van der Waals surface area contributed by atoms with Crippen molar-refractivity contribution in [3.05, 3.63) is 23.2 Å². The summed E-state index contributed by atoms with van der Waals surface area (Å²) in [5.41, 5.74) is 5.96. The van der Waals surface area contributed by atoms with Crippen molar-refractivity contribution in [1.29, 1.82) is 0 Å². The van der Waals surface area contributed by atoms with Gasteiger partial charge in [0.2, 0.25) is 10.0 Å². The summed E-state index contributed by atoms with van der Waals surface area (Å²) in [6.45, 7) is 0. The lowest BCUT2D eigenvalue weighted by molar-refractivity contribution is 0.471. The van der Waals surface area contributed by atoms with Crippen molar-refractivity contribution in [3.63, 3.8) is 0 Å². The van der Waals surface area contributed by atoms with Gasteiger partial charge in [-0.3, -0.25) is 0 Å². The molecule has 0 unspecified atom stereocenters. The van der Waals surface area contributed by atoms with Gasteiger partial charge in [-0.1, -0.05) is 11.6 Å². The van der Waals surface area contributed by atoms with Gasteiger partial charge in [-0.15, -0.1) is 0 Å². The van der Waals surface area contributed by atoms with Gasteiger partial charge in [-0.05, 0) is 55.7 Å². The van der Waals surface area contributed by atoms with E-state index >= 15 is 0 Å². The second-order valence-electron chi connectivity index (χ2n) is 5.51. The summed E-state index contributed by atoms with van der Waals surface area (Å²) < 4.78 is 27.6. The van der Waals surface area contributed by atoms with Crippen LogP contribution in [0.25, 0.3) is 0 Å². The SMILES string of the molecule is Nc1cc(S(=O)(=O)NC(C2CC2)C2CC2)ccc1Cl. The monoisotopic (exact) mass is 300 g/mol. The molecule has 0 saturated heterocycles. The van der Waals surface area contributed by atoms with Gasteiger partial charge in [0, 0.05) is 6.04 Å². The molecule has 19 heavy (non-hydrogen) atoms. The molecule has 0 radical (unpaired) electrons. The summed E-state index contributed by atoms with van der Waals surface area (Å²) in [4.78, 5) is 0.195. The summed E-state index contributed by atoms with van der Waals surface area (Å²) in [5.74, 6) is 1.04. The standard InChI is InChI=1S/C13H17ClN2O2S/c14-11-6-5-10(7-12(11)15)19(17,18)16-13(8-1-2-8)9-3-4-9/h5-9,13,16H,1-4,15H2. The Labute approximate surface area is 118 Å². The average Bonchev–Trinajstić information content (AvgIpc) is 3.23. The van der Waals surface area contributed by atoms with Crippen LogP contribution in [0.15, 0.2) is 23.1 Å². The zero-order chi connectivity index (χ0) is 13.6. The Morgan fingerprint density at radius 2 is 1.79 bits per heavy atom. The summed E-state index contributed by atoms with van der Waals surface area (Å²) in [6, 6.07) is 4.54. The normalized spacial score (nSPS) is 19.9. The van der Waals surface area contributed by atoms with Gasteiger partial charge >= 0.3 is 0 Å². The molecule has 3 rings (SSSR count). The van der Waals surface area contributed by atoms with Crippen molar-refractivity contribution in [2.24, 2.45) is 11.8 Å². The fourth-order valence-electron chi connectivity index (χ4n) is 2.42. The van der Waals surface area contributed by atoms with Gasteiger partial charge in [0.25, 0.3) is 0 Å². The maximum absolute atomic E-state index is 12.4. The highest BCUT2D eigenvalue weighted by molar-refractivity contribution is 7.89. The molecule has 6 heteroatoms. The molecule has 3 N–H and O–H groups in total. The number of nitrogens with two attached hydrogens (primary N) is 1. The van der Waals surface area contributed by atoms with Gasteiger partial charge < -0.3 is 5.73 Å². The zero-order valence-corrected chi connectivity index (χ0v) is 12.0. The van der Waals surface area contributed by atoms with E-state index in [4.69, 9.17) is 17.3 Å². The Hall–Kier alpha value is -0.780. The third-order valence-corrected chi connectivity index (χ3v) is 5.63. The molecule has 0 aliphatic heterocycles. The maximum atomic E-state index is 12.4. The van der Waals surface area contributed by atoms with Gasteiger partial charge in [0.05, 0.1) is 15.6 Å². The average molecular weight is 301 g/mol. The molecule has 1 aromatic rings. The number of sulfonamides is 1. The van der Waals surface area contributed by atoms with Crippen LogP contribution in [0.3, 0.4) is 0 Å². The third-order valence-electron chi connectivity index (χ3n) is 3.83. The van der Waals surface area contributed by atoms with Gasteiger partial charge in [0.1, 0.15) is 0 Å². The Bertz CT molecular complexity index is 583. The predicted molar refractivity (Wildman–Crippen MR) is 75.4 cm³/mol. The van der Waals surface area contributed by atoms with Crippen molar-refractivity contribution in [2.45, 2.75) is 36.6 Å². The molecule has 0 bridgehead atoms. The lowest BCUT2D eigenvalue weighted by Crippen LogP contribution is -2.38. The minimum Gasteiger partial charge on any atom is -0.397 e. The molecule has 104 valence electrons. The lowest BCUT2D eigenvalue weighted by atomic mass is 10.1. The molecule has 1 aromatic carbocycles. The third kappa shape index (κ3) is 2.88. The van der Waals surface area contributed by atoms with Crippen molar-refractivity contribution in [1.82, 2.24) is 4.72 Å². The van der Waals surface area contributed by atoms with E-state index in [1.165, 1.54) is 18.2 Å². The van der Waals surface area contributed by atoms with Crippen LogP contribution in [0.2, 0.25) is 5.02 Å². The van der Waals surface area contributed by atoms with Crippen LogP contribution in [0.5, 0.6) is 0 Å². The number of hydrogen-bond acceptors (Lipinski definition) is 3. The molecule has 0 spiro atoms. The van der Waals surface area contributed by atoms with E-state index in [1.807, 2.05) is 0 Å². The highest BCUT2D eigenvalue weighted by atomic mass is 35.5. The molecule has 2 aliphatic rings. The summed E-state index contributed by atoms with van der Waals surface area (Å²) >= 11 is 5.82. The van der Waals surface area contributed by atoms with Crippen molar-refractivity contribution >= 4 is 27.3 Å². The van der Waals surface area contributed by atoms with Crippen LogP contribution < -0.4 is 10.5 Å². The minimum absolute atomic E-state index is 0.0990. The molecular formula is C13H17ClN2O2S. The number of halogens is 1. The minimum atomic E-state index is -3.50. The van der Waals surface area contributed by atoms with E-state index in [0.29, 0.717) is 22.5 Å². The smallest absolute Gasteiger partial charge is 0.240 e. The molecule has 2 aliphatic carbocycles. The van der Waals surface area contributed by atoms with Gasteiger partial charge in [-0.2, -0.15) is 0 Å². The first-order chi connectivity index (χ1) is 8.97. The number of benzene rings is 1. The van der Waals surface area contributed by atoms with Crippen molar-refractivity contribution < 1.29 is 8.42 Å². The first-order valence-electron chi connectivity index (χ1n) is 6.55. The fraction of sp³-hybridized carbons (Fsp3) is 0.538. The van der Waals surface area contributed by atoms with Gasteiger partial charge in [-0.25, -0.2) is 13.1 Å². The Morgan fingerprint density at radius 3 is 2.26 bits per heavy atom. The van der Waals surface area contributed by atoms with E-state index in [2.05, 4.69) is 4.72 Å². The van der Waals surface area contributed by atoms with Gasteiger partial charge in [0.15, 0.2) is 0 Å². The molecular weight excluding hydrogens is 284 g/mol.